The van der Waals surface area contributed by atoms with E-state index in [9.17, 15) is 9.59 Å². The number of hydrogen-bond acceptors (Lipinski definition) is 4. The zero-order valence-electron chi connectivity index (χ0n) is 17.7. The van der Waals surface area contributed by atoms with Gasteiger partial charge in [-0.2, -0.15) is 5.10 Å². The van der Waals surface area contributed by atoms with Gasteiger partial charge in [0, 0.05) is 35.3 Å². The van der Waals surface area contributed by atoms with Crippen molar-refractivity contribution in [3.8, 4) is 0 Å². The Morgan fingerprint density at radius 2 is 1.87 bits per heavy atom. The summed E-state index contributed by atoms with van der Waals surface area (Å²) in [6, 6.07) is 15.1. The molecule has 31 heavy (non-hydrogen) atoms. The fourth-order valence-corrected chi connectivity index (χ4v) is 3.89. The van der Waals surface area contributed by atoms with Crippen molar-refractivity contribution in [2.45, 2.75) is 33.1 Å². The summed E-state index contributed by atoms with van der Waals surface area (Å²) in [5.41, 5.74) is 11.5. The quantitative estimate of drug-likeness (QED) is 0.484. The van der Waals surface area contributed by atoms with Crippen LogP contribution in [0.4, 0.5) is 0 Å². The Kier molecular flexibility index (Phi) is 5.66. The molecule has 4 rings (SSSR count). The van der Waals surface area contributed by atoms with Gasteiger partial charge in [0.2, 0.25) is 11.8 Å². The number of aryl methyl sites for hydroxylation is 2. The number of amides is 2. The number of benzene rings is 2. The second-order valence-electron chi connectivity index (χ2n) is 7.68. The normalized spacial score (nSPS) is 11.2. The molecule has 0 atom stereocenters. The third-order valence-electron chi connectivity index (χ3n) is 5.57. The predicted molar refractivity (Wildman–Crippen MR) is 120 cm³/mol. The lowest BCUT2D eigenvalue weighted by Gasteiger charge is -2.11. The number of nitrogens with two attached hydrogens (primary N) is 1. The van der Waals surface area contributed by atoms with Gasteiger partial charge in [0.15, 0.2) is 5.65 Å². The molecule has 0 radical (unpaired) electrons. The van der Waals surface area contributed by atoms with Crippen molar-refractivity contribution >= 4 is 28.4 Å². The van der Waals surface area contributed by atoms with Gasteiger partial charge in [-0.25, -0.2) is 9.50 Å². The Morgan fingerprint density at radius 3 is 2.68 bits per heavy atom. The second-order valence-corrected chi connectivity index (χ2v) is 7.68. The van der Waals surface area contributed by atoms with Gasteiger partial charge in [-0.1, -0.05) is 24.3 Å². The van der Waals surface area contributed by atoms with E-state index < -0.39 is 5.91 Å². The van der Waals surface area contributed by atoms with Crippen molar-refractivity contribution in [1.29, 1.82) is 0 Å². The molecule has 0 aliphatic carbocycles. The number of fused-ring (bicyclic) bond motifs is 3. The maximum Gasteiger partial charge on any atom is 0.248 e. The van der Waals surface area contributed by atoms with E-state index in [1.54, 1.807) is 18.2 Å². The van der Waals surface area contributed by atoms with Crippen molar-refractivity contribution in [1.82, 2.24) is 19.9 Å². The summed E-state index contributed by atoms with van der Waals surface area (Å²) < 4.78 is 1.87. The van der Waals surface area contributed by atoms with Gasteiger partial charge >= 0.3 is 0 Å². The first kappa shape index (κ1) is 20.5. The van der Waals surface area contributed by atoms with Crippen molar-refractivity contribution < 1.29 is 9.59 Å². The number of primary amides is 1. The number of carbonyl (C=O) groups excluding carboxylic acids is 2. The van der Waals surface area contributed by atoms with Crippen LogP contribution in [-0.2, 0) is 17.6 Å². The topological polar surface area (TPSA) is 102 Å². The molecule has 0 unspecified atom stereocenters. The lowest BCUT2D eigenvalue weighted by atomic mass is 10.1. The van der Waals surface area contributed by atoms with Gasteiger partial charge in [0.25, 0.3) is 0 Å². The molecule has 2 amide bonds. The van der Waals surface area contributed by atoms with E-state index in [4.69, 9.17) is 10.7 Å². The number of hydrogen-bond donors (Lipinski definition) is 2. The van der Waals surface area contributed by atoms with Crippen molar-refractivity contribution in [3.05, 3.63) is 76.6 Å². The first-order valence-electron chi connectivity index (χ1n) is 10.3. The van der Waals surface area contributed by atoms with Crippen molar-refractivity contribution in [2.24, 2.45) is 5.73 Å². The molecule has 2 heterocycles. The van der Waals surface area contributed by atoms with Gasteiger partial charge in [0.05, 0.1) is 5.52 Å². The molecular formula is C24H25N5O2. The van der Waals surface area contributed by atoms with E-state index in [1.807, 2.05) is 48.7 Å². The van der Waals surface area contributed by atoms with Crippen molar-refractivity contribution in [3.63, 3.8) is 0 Å². The number of nitrogens with zero attached hydrogens (tertiary/aromatic N) is 3. The second kappa shape index (κ2) is 8.55. The summed E-state index contributed by atoms with van der Waals surface area (Å²) >= 11 is 0. The number of carbonyl (C=O) groups is 2. The van der Waals surface area contributed by atoms with Gasteiger partial charge in [-0.05, 0) is 62.1 Å². The summed E-state index contributed by atoms with van der Waals surface area (Å²) in [7, 11) is 0. The largest absolute Gasteiger partial charge is 0.366 e. The average molecular weight is 415 g/mol. The third kappa shape index (κ3) is 4.26. The van der Waals surface area contributed by atoms with Crippen LogP contribution >= 0.6 is 0 Å². The van der Waals surface area contributed by atoms with E-state index >= 15 is 0 Å². The SMILES string of the molecule is Cc1nc2c3ccccc3nn2c(C)c1CCC(=O)NCCc1cccc(C(N)=O)c1. The van der Waals surface area contributed by atoms with Crippen LogP contribution in [0.2, 0.25) is 0 Å². The highest BCUT2D eigenvalue weighted by Gasteiger charge is 2.15. The van der Waals surface area contributed by atoms with Gasteiger partial charge in [-0.3, -0.25) is 9.59 Å². The van der Waals surface area contributed by atoms with Crippen LogP contribution < -0.4 is 11.1 Å². The molecule has 0 saturated heterocycles. The fraction of sp³-hybridized carbons (Fsp3) is 0.250. The molecule has 0 spiro atoms. The van der Waals surface area contributed by atoms with E-state index in [1.165, 1.54) is 0 Å². The van der Waals surface area contributed by atoms with Gasteiger partial charge < -0.3 is 11.1 Å². The van der Waals surface area contributed by atoms with E-state index in [0.29, 0.717) is 31.4 Å². The summed E-state index contributed by atoms with van der Waals surface area (Å²) in [6.07, 6.45) is 1.61. The van der Waals surface area contributed by atoms with Crippen LogP contribution in [0, 0.1) is 13.8 Å². The zero-order valence-corrected chi connectivity index (χ0v) is 17.7. The molecule has 158 valence electrons. The molecule has 0 aliphatic rings. The molecular weight excluding hydrogens is 390 g/mol. The standard InChI is InChI=1S/C24H25N5O2/c1-15-19(16(2)29-24(27-15)20-8-3-4-9-21(20)28-29)10-11-22(30)26-13-12-17-6-5-7-18(14-17)23(25)31/h3-9,14H,10-13H2,1-2H3,(H2,25,31)(H,26,30). The first-order chi connectivity index (χ1) is 14.9. The fourth-order valence-electron chi connectivity index (χ4n) is 3.89. The maximum atomic E-state index is 12.4. The third-order valence-corrected chi connectivity index (χ3v) is 5.57. The minimum Gasteiger partial charge on any atom is -0.366 e. The monoisotopic (exact) mass is 415 g/mol. The lowest BCUT2D eigenvalue weighted by Crippen LogP contribution is -2.26. The molecule has 4 aromatic rings. The first-order valence-corrected chi connectivity index (χ1v) is 10.3. The summed E-state index contributed by atoms with van der Waals surface area (Å²) in [5.74, 6) is -0.470. The highest BCUT2D eigenvalue weighted by molar-refractivity contribution is 5.93. The highest BCUT2D eigenvalue weighted by atomic mass is 16.1. The van der Waals surface area contributed by atoms with Crippen LogP contribution in [0.15, 0.2) is 48.5 Å². The summed E-state index contributed by atoms with van der Waals surface area (Å²) in [4.78, 5) is 28.4. The Balaban J connectivity index is 1.39. The Hall–Kier alpha value is -3.74. The highest BCUT2D eigenvalue weighted by Crippen LogP contribution is 2.22. The Morgan fingerprint density at radius 1 is 1.06 bits per heavy atom. The van der Waals surface area contributed by atoms with Crippen LogP contribution in [-0.4, -0.2) is 33.0 Å². The minimum absolute atomic E-state index is 0.0180. The smallest absolute Gasteiger partial charge is 0.248 e. The van der Waals surface area contributed by atoms with Crippen LogP contribution in [0.5, 0.6) is 0 Å². The Bertz CT molecular complexity index is 1290. The van der Waals surface area contributed by atoms with Crippen LogP contribution in [0.25, 0.3) is 16.6 Å². The van der Waals surface area contributed by atoms with Gasteiger partial charge in [-0.15, -0.1) is 0 Å². The minimum atomic E-state index is -0.452. The average Bonchev–Trinajstić information content (AvgIpc) is 3.12. The molecule has 0 fully saturated rings. The summed E-state index contributed by atoms with van der Waals surface area (Å²) in [5, 5.41) is 8.64. The van der Waals surface area contributed by atoms with E-state index in [0.717, 1.165) is 39.1 Å². The number of nitrogens with one attached hydrogen (secondary N) is 1. The van der Waals surface area contributed by atoms with Gasteiger partial charge in [0.1, 0.15) is 0 Å². The molecule has 0 saturated carbocycles. The molecule has 7 heteroatoms. The number of aromatic nitrogens is 3. The molecule has 7 nitrogen and oxygen atoms in total. The van der Waals surface area contributed by atoms with Crippen LogP contribution in [0.1, 0.15) is 39.3 Å². The molecule has 3 N–H and O–H groups in total. The molecule has 0 bridgehead atoms. The molecule has 0 aliphatic heterocycles. The maximum absolute atomic E-state index is 12.4. The van der Waals surface area contributed by atoms with Crippen LogP contribution in [0.3, 0.4) is 0 Å². The zero-order chi connectivity index (χ0) is 22.0. The summed E-state index contributed by atoms with van der Waals surface area (Å²) in [6.45, 7) is 4.50. The Labute approximate surface area is 180 Å². The molecule has 2 aromatic carbocycles. The number of rotatable bonds is 7. The van der Waals surface area contributed by atoms with E-state index in [-0.39, 0.29) is 5.91 Å². The predicted octanol–water partition coefficient (Wildman–Crippen LogP) is 2.89. The van der Waals surface area contributed by atoms with E-state index in [2.05, 4.69) is 10.4 Å². The van der Waals surface area contributed by atoms with Crippen molar-refractivity contribution in [2.75, 3.05) is 6.54 Å². The molecule has 2 aromatic heterocycles. The lowest BCUT2D eigenvalue weighted by molar-refractivity contribution is -0.121.